The molecule has 3 aliphatic rings. The van der Waals surface area contributed by atoms with Crippen molar-refractivity contribution in [3.8, 4) is 11.5 Å². The Morgan fingerprint density at radius 3 is 2.40 bits per heavy atom. The van der Waals surface area contributed by atoms with Gasteiger partial charge in [-0.1, -0.05) is 73.2 Å². The van der Waals surface area contributed by atoms with Crippen molar-refractivity contribution >= 4 is 22.6 Å². The molecule has 1 saturated carbocycles. The van der Waals surface area contributed by atoms with Gasteiger partial charge in [-0.05, 0) is 128 Å². The largest absolute Gasteiger partial charge is 0.573 e. The van der Waals surface area contributed by atoms with E-state index in [1.165, 1.54) is 35.4 Å². The first kappa shape index (κ1) is 39.8. The molecule has 2 bridgehead atoms. The maximum atomic E-state index is 14.3. The maximum absolute atomic E-state index is 14.3. The molecule has 298 valence electrons. The molecule has 4 aromatic carbocycles. The van der Waals surface area contributed by atoms with Crippen LogP contribution in [0.1, 0.15) is 91.1 Å². The van der Waals surface area contributed by atoms with Crippen molar-refractivity contribution in [2.75, 3.05) is 6.54 Å². The van der Waals surface area contributed by atoms with E-state index in [0.717, 1.165) is 27.5 Å². The average molecular weight is 782 g/mol. The summed E-state index contributed by atoms with van der Waals surface area (Å²) in [7, 11) is 0. The summed E-state index contributed by atoms with van der Waals surface area (Å²) >= 11 is 0. The molecule has 8 nitrogen and oxygen atoms in total. The number of allylic oxidation sites excluding steroid dienone is 2. The highest BCUT2D eigenvalue weighted by atomic mass is 19.4. The quantitative estimate of drug-likeness (QED) is 0.119. The first-order valence-corrected chi connectivity index (χ1v) is 19.3. The molecule has 1 heterocycles. The highest BCUT2D eigenvalue weighted by Gasteiger charge is 2.58. The normalized spacial score (nSPS) is 22.7. The number of furan rings is 1. The molecular formula is C46H46F3NO7. The van der Waals surface area contributed by atoms with Crippen LogP contribution in [0, 0.1) is 5.41 Å². The summed E-state index contributed by atoms with van der Waals surface area (Å²) in [4.78, 5) is 29.7. The van der Waals surface area contributed by atoms with E-state index in [-0.39, 0.29) is 37.0 Å². The molecule has 5 aromatic rings. The van der Waals surface area contributed by atoms with Gasteiger partial charge in [-0.25, -0.2) is 4.79 Å². The number of halogens is 3. The smallest absolute Gasteiger partial charge is 0.461 e. The van der Waals surface area contributed by atoms with Gasteiger partial charge in [0, 0.05) is 17.5 Å². The van der Waals surface area contributed by atoms with Gasteiger partial charge in [0.2, 0.25) is 5.78 Å². The van der Waals surface area contributed by atoms with Crippen LogP contribution in [0.2, 0.25) is 0 Å². The Balaban J connectivity index is 1.27. The zero-order chi connectivity index (χ0) is 40.4. The predicted octanol–water partition coefficient (Wildman–Crippen LogP) is 10.3. The zero-order valence-electron chi connectivity index (χ0n) is 31.9. The second kappa shape index (κ2) is 16.2. The van der Waals surface area contributed by atoms with Crippen molar-refractivity contribution in [3.63, 3.8) is 0 Å². The standard InChI is InChI=1S/C46H46F3NO7/c1-30-7-5-22-44(2)40(38-20-14-32(25-35(51)16-11-30)26-39(38)42(52)41-10-6-24-55-41)21-23-45(44,54)29-50(28-31-12-17-36(18-13-31)57-46(47,48)49)43(53)56-37-19-15-33-8-3-4-9-34(33)27-37/h3-4,6-10,12-15,17-20,24,26-27,35,40,51,54H,5,11,16,21-23,25,28-29H2,1-2H3/t35-,40-,44-,45+/m0/s1. The van der Waals surface area contributed by atoms with Gasteiger partial charge in [-0.3, -0.25) is 4.79 Å². The molecule has 2 N–H and O–H groups in total. The minimum absolute atomic E-state index is 0.0833. The second-order valence-electron chi connectivity index (χ2n) is 15.7. The lowest BCUT2D eigenvalue weighted by molar-refractivity contribution is -0.274. The SMILES string of the molecule is CC1=CCC[C@@]2(C)[C@@H](CC[C@@]2(O)CN(Cc2ccc(OC(F)(F)F)cc2)C(=O)Oc2ccc3ccccc3c2)c2ccc(cc2C(=O)c2ccco2)C[C@@H](O)CC1. The molecular weight excluding hydrogens is 735 g/mol. The number of amides is 1. The van der Waals surface area contributed by atoms with E-state index in [1.54, 1.807) is 24.3 Å². The summed E-state index contributed by atoms with van der Waals surface area (Å²) in [5.41, 5.74) is 1.22. The van der Waals surface area contributed by atoms with Gasteiger partial charge in [0.1, 0.15) is 11.5 Å². The van der Waals surface area contributed by atoms with E-state index in [0.29, 0.717) is 55.4 Å². The van der Waals surface area contributed by atoms with Crippen LogP contribution in [0.5, 0.6) is 11.5 Å². The first-order chi connectivity index (χ1) is 27.2. The van der Waals surface area contributed by atoms with Gasteiger partial charge < -0.3 is 29.0 Å². The molecule has 0 saturated heterocycles. The number of alkyl halides is 3. The minimum Gasteiger partial charge on any atom is -0.461 e. The lowest BCUT2D eigenvalue weighted by Gasteiger charge is -2.46. The number of nitrogens with zero attached hydrogens (tertiary/aromatic N) is 1. The van der Waals surface area contributed by atoms with E-state index in [1.807, 2.05) is 62.4 Å². The fourth-order valence-corrected chi connectivity index (χ4v) is 8.65. The Bertz CT molecular complexity index is 2250. The maximum Gasteiger partial charge on any atom is 0.573 e. The van der Waals surface area contributed by atoms with Gasteiger partial charge in [0.25, 0.3) is 0 Å². The Morgan fingerprint density at radius 1 is 0.912 bits per heavy atom. The van der Waals surface area contributed by atoms with Crippen LogP contribution in [0.4, 0.5) is 18.0 Å². The number of hydrogen-bond acceptors (Lipinski definition) is 7. The third-order valence-corrected chi connectivity index (χ3v) is 11.8. The van der Waals surface area contributed by atoms with Crippen LogP contribution in [-0.4, -0.2) is 51.6 Å². The highest BCUT2D eigenvalue weighted by molar-refractivity contribution is 6.08. The van der Waals surface area contributed by atoms with Gasteiger partial charge >= 0.3 is 12.5 Å². The summed E-state index contributed by atoms with van der Waals surface area (Å²) < 4.78 is 54.4. The number of rotatable bonds is 8. The average Bonchev–Trinajstić information content (AvgIpc) is 3.80. The lowest BCUT2D eigenvalue weighted by Crippen LogP contribution is -2.54. The fraction of sp³-hybridized carbons (Fsp3) is 0.348. The number of carbonyl (C=O) groups is 2. The zero-order valence-corrected chi connectivity index (χ0v) is 31.9. The molecule has 8 rings (SSSR count). The van der Waals surface area contributed by atoms with Crippen LogP contribution in [-0.2, 0) is 13.0 Å². The number of aliphatic hydroxyl groups is 2. The number of carbonyl (C=O) groups excluding carboxylic acids is 2. The van der Waals surface area contributed by atoms with Crippen molar-refractivity contribution in [1.82, 2.24) is 4.90 Å². The number of fused-ring (bicyclic) bond motifs is 9. The summed E-state index contributed by atoms with van der Waals surface area (Å²) in [6, 6.07) is 27.1. The lowest BCUT2D eigenvalue weighted by atomic mass is 9.64. The van der Waals surface area contributed by atoms with Crippen molar-refractivity contribution in [2.24, 2.45) is 5.41 Å². The van der Waals surface area contributed by atoms with E-state index in [9.17, 15) is 33.0 Å². The van der Waals surface area contributed by atoms with Crippen molar-refractivity contribution in [3.05, 3.63) is 143 Å². The molecule has 11 heteroatoms. The summed E-state index contributed by atoms with van der Waals surface area (Å²) in [5.74, 6) is -0.553. The predicted molar refractivity (Wildman–Crippen MR) is 209 cm³/mol. The molecule has 0 radical (unpaired) electrons. The molecule has 0 spiro atoms. The Labute approximate surface area is 329 Å². The molecule has 57 heavy (non-hydrogen) atoms. The van der Waals surface area contributed by atoms with Crippen molar-refractivity contribution in [1.29, 1.82) is 0 Å². The Morgan fingerprint density at radius 2 is 1.67 bits per heavy atom. The summed E-state index contributed by atoms with van der Waals surface area (Å²) in [5, 5.41) is 25.8. The van der Waals surface area contributed by atoms with Crippen LogP contribution in [0.3, 0.4) is 0 Å². The van der Waals surface area contributed by atoms with Crippen molar-refractivity contribution in [2.45, 2.75) is 89.3 Å². The summed E-state index contributed by atoms with van der Waals surface area (Å²) in [6.07, 6.45) is 0.856. The third-order valence-electron chi connectivity index (χ3n) is 11.8. The highest BCUT2D eigenvalue weighted by Crippen LogP contribution is 2.59. The second-order valence-corrected chi connectivity index (χ2v) is 15.7. The van der Waals surface area contributed by atoms with E-state index in [2.05, 4.69) is 10.8 Å². The van der Waals surface area contributed by atoms with Gasteiger partial charge in [0.15, 0.2) is 5.76 Å². The van der Waals surface area contributed by atoms with Crippen LogP contribution >= 0.6 is 0 Å². The molecule has 1 aromatic heterocycles. The molecule has 1 amide bonds. The number of aliphatic hydroxyl groups excluding tert-OH is 1. The van der Waals surface area contributed by atoms with E-state index in [4.69, 9.17) is 9.15 Å². The molecule has 1 fully saturated rings. The van der Waals surface area contributed by atoms with E-state index >= 15 is 0 Å². The van der Waals surface area contributed by atoms with E-state index < -0.39 is 35.3 Å². The number of ether oxygens (including phenoxy) is 2. The van der Waals surface area contributed by atoms with Gasteiger partial charge in [0.05, 0.1) is 24.5 Å². The topological polar surface area (TPSA) is 109 Å². The minimum atomic E-state index is -4.86. The third kappa shape index (κ3) is 8.95. The van der Waals surface area contributed by atoms with Crippen LogP contribution in [0.15, 0.2) is 119 Å². The molecule has 3 aliphatic carbocycles. The Hall–Kier alpha value is -5.39. The number of benzene rings is 4. The molecule has 0 aliphatic heterocycles. The first-order valence-electron chi connectivity index (χ1n) is 19.3. The Kier molecular flexibility index (Phi) is 11.3. The number of ketones is 1. The van der Waals surface area contributed by atoms with Gasteiger partial charge in [-0.15, -0.1) is 13.2 Å². The van der Waals surface area contributed by atoms with Crippen LogP contribution in [0.25, 0.3) is 10.8 Å². The van der Waals surface area contributed by atoms with Crippen molar-refractivity contribution < 1.29 is 46.9 Å². The number of hydrogen-bond donors (Lipinski definition) is 2. The molecule has 4 atom stereocenters. The monoisotopic (exact) mass is 781 g/mol. The van der Waals surface area contributed by atoms with Gasteiger partial charge in [-0.2, -0.15) is 0 Å². The van der Waals surface area contributed by atoms with Crippen LogP contribution < -0.4 is 9.47 Å². The summed E-state index contributed by atoms with van der Waals surface area (Å²) in [6.45, 7) is 3.79. The molecule has 0 unspecified atom stereocenters. The fourth-order valence-electron chi connectivity index (χ4n) is 8.65.